The third-order valence-electron chi connectivity index (χ3n) is 7.25. The first-order valence-electron chi connectivity index (χ1n) is 10.5. The molecule has 0 amide bonds. The van der Waals surface area contributed by atoms with Crippen molar-refractivity contribution in [3.8, 4) is 0 Å². The van der Waals surface area contributed by atoms with Crippen LogP contribution in [0.1, 0.15) is 80.1 Å². The fraction of sp³-hybridized carbons (Fsp3) is 0.909. The van der Waals surface area contributed by atoms with E-state index in [2.05, 4.69) is 13.8 Å². The van der Waals surface area contributed by atoms with Crippen molar-refractivity contribution in [2.75, 3.05) is 0 Å². The second-order valence-corrected chi connectivity index (χ2v) is 9.96. The van der Waals surface area contributed by atoms with Crippen molar-refractivity contribution in [2.45, 2.75) is 91.3 Å². The highest BCUT2D eigenvalue weighted by Crippen LogP contribution is 2.68. The van der Waals surface area contributed by atoms with Crippen molar-refractivity contribution < 1.29 is 19.1 Å². The Morgan fingerprint density at radius 2 is 1.65 bits per heavy atom. The number of ether oxygens (including phenoxy) is 2. The zero-order valence-electron chi connectivity index (χ0n) is 17.3. The van der Waals surface area contributed by atoms with Gasteiger partial charge in [0.1, 0.15) is 11.2 Å². The van der Waals surface area contributed by atoms with Crippen LogP contribution in [-0.2, 0) is 19.1 Å². The highest BCUT2D eigenvalue weighted by molar-refractivity contribution is 5.73. The molecule has 0 radical (unpaired) electrons. The summed E-state index contributed by atoms with van der Waals surface area (Å²) in [5.41, 5.74) is -1.16. The summed E-state index contributed by atoms with van der Waals surface area (Å²) in [5.74, 6) is 3.27. The van der Waals surface area contributed by atoms with Gasteiger partial charge in [0.15, 0.2) is 0 Å². The van der Waals surface area contributed by atoms with Crippen LogP contribution < -0.4 is 0 Å². The van der Waals surface area contributed by atoms with Crippen molar-refractivity contribution in [2.24, 2.45) is 35.5 Å². The van der Waals surface area contributed by atoms with Crippen LogP contribution in [0.4, 0.5) is 0 Å². The average Bonchev–Trinajstić information content (AvgIpc) is 3.12. The van der Waals surface area contributed by atoms with Gasteiger partial charge in [-0.1, -0.05) is 26.7 Å². The van der Waals surface area contributed by atoms with Crippen LogP contribution in [0.3, 0.4) is 0 Å². The summed E-state index contributed by atoms with van der Waals surface area (Å²) in [4.78, 5) is 24.6. The van der Waals surface area contributed by atoms with Gasteiger partial charge in [0.05, 0.1) is 6.42 Å². The van der Waals surface area contributed by atoms with Gasteiger partial charge in [-0.2, -0.15) is 0 Å². The Labute approximate surface area is 158 Å². The predicted octanol–water partition coefficient (Wildman–Crippen LogP) is 4.75. The van der Waals surface area contributed by atoms with Crippen LogP contribution >= 0.6 is 0 Å². The Morgan fingerprint density at radius 1 is 1.04 bits per heavy atom. The Bertz CT molecular complexity index is 563. The third kappa shape index (κ3) is 3.41. The molecule has 7 atom stereocenters. The van der Waals surface area contributed by atoms with E-state index in [1.807, 2.05) is 20.8 Å². The zero-order chi connectivity index (χ0) is 19.3. The standard InChI is InChI=1S/C22H36O4/c1-7-14-9-15(8-2)20-17-10-16(19(14)20)11-22(17,25-13(3)23)12-18(24)26-21(4,5)6/h14-17,19-20H,7-12H2,1-6H3. The lowest BCUT2D eigenvalue weighted by Crippen LogP contribution is -2.48. The molecular weight excluding hydrogens is 328 g/mol. The van der Waals surface area contributed by atoms with Crippen molar-refractivity contribution >= 4 is 11.9 Å². The molecule has 0 aromatic heterocycles. The Balaban J connectivity index is 1.86. The molecule has 0 aromatic rings. The Hall–Kier alpha value is -1.06. The monoisotopic (exact) mass is 364 g/mol. The number of rotatable bonds is 5. The van der Waals surface area contributed by atoms with E-state index in [0.717, 1.165) is 24.7 Å². The Morgan fingerprint density at radius 3 is 2.19 bits per heavy atom. The van der Waals surface area contributed by atoms with E-state index >= 15 is 0 Å². The highest BCUT2D eigenvalue weighted by Gasteiger charge is 2.67. The van der Waals surface area contributed by atoms with Gasteiger partial charge in [0.25, 0.3) is 0 Å². The smallest absolute Gasteiger partial charge is 0.310 e. The van der Waals surface area contributed by atoms with Crippen LogP contribution in [0, 0.1) is 35.5 Å². The first-order valence-corrected chi connectivity index (χ1v) is 10.5. The first kappa shape index (κ1) is 19.7. The predicted molar refractivity (Wildman–Crippen MR) is 100 cm³/mol. The van der Waals surface area contributed by atoms with E-state index in [9.17, 15) is 9.59 Å². The second kappa shape index (κ2) is 6.83. The third-order valence-corrected chi connectivity index (χ3v) is 7.25. The largest absolute Gasteiger partial charge is 0.460 e. The fourth-order valence-corrected chi connectivity index (χ4v) is 6.79. The van der Waals surface area contributed by atoms with Crippen LogP contribution in [0.15, 0.2) is 0 Å². The molecule has 3 aliphatic carbocycles. The number of hydrogen-bond acceptors (Lipinski definition) is 4. The number of fused-ring (bicyclic) bond motifs is 5. The van der Waals surface area contributed by atoms with E-state index in [-0.39, 0.29) is 18.4 Å². The number of hydrogen-bond donors (Lipinski definition) is 0. The molecule has 0 spiro atoms. The van der Waals surface area contributed by atoms with Gasteiger partial charge in [-0.05, 0) is 69.6 Å². The molecule has 0 aliphatic heterocycles. The summed E-state index contributed by atoms with van der Waals surface area (Å²) in [7, 11) is 0. The zero-order valence-corrected chi connectivity index (χ0v) is 17.3. The molecule has 26 heavy (non-hydrogen) atoms. The van der Waals surface area contributed by atoms with Gasteiger partial charge < -0.3 is 9.47 Å². The summed E-state index contributed by atoms with van der Waals surface area (Å²) in [6.45, 7) is 11.7. The number of carbonyl (C=O) groups excluding carboxylic acids is 2. The maximum absolute atomic E-state index is 12.6. The highest BCUT2D eigenvalue weighted by atomic mass is 16.6. The minimum atomic E-state index is -0.643. The Kier molecular flexibility index (Phi) is 5.18. The van der Waals surface area contributed by atoms with Gasteiger partial charge >= 0.3 is 11.9 Å². The molecular formula is C22H36O4. The lowest BCUT2D eigenvalue weighted by Gasteiger charge is -2.44. The molecule has 2 bridgehead atoms. The number of esters is 2. The second-order valence-electron chi connectivity index (χ2n) is 9.96. The summed E-state index contributed by atoms with van der Waals surface area (Å²) in [6, 6.07) is 0. The van der Waals surface area contributed by atoms with E-state index in [0.29, 0.717) is 23.7 Å². The van der Waals surface area contributed by atoms with Gasteiger partial charge in [0, 0.05) is 12.8 Å². The van der Waals surface area contributed by atoms with Crippen molar-refractivity contribution in [1.29, 1.82) is 0 Å². The van der Waals surface area contributed by atoms with Gasteiger partial charge in [-0.15, -0.1) is 0 Å². The van der Waals surface area contributed by atoms with Gasteiger partial charge in [0.2, 0.25) is 0 Å². The van der Waals surface area contributed by atoms with Gasteiger partial charge in [-0.3, -0.25) is 9.59 Å². The summed E-state index contributed by atoms with van der Waals surface area (Å²) in [6.07, 6.45) is 5.89. The van der Waals surface area contributed by atoms with Crippen LogP contribution in [0.5, 0.6) is 0 Å². The van der Waals surface area contributed by atoms with Crippen LogP contribution in [-0.4, -0.2) is 23.1 Å². The summed E-state index contributed by atoms with van der Waals surface area (Å²) < 4.78 is 11.5. The van der Waals surface area contributed by atoms with E-state index in [1.165, 1.54) is 26.2 Å². The average molecular weight is 365 g/mol. The van der Waals surface area contributed by atoms with Crippen LogP contribution in [0.25, 0.3) is 0 Å². The molecule has 3 fully saturated rings. The SMILES string of the molecule is CCC1CC(CC)C2C1C1CC2C(CC(=O)OC(C)(C)C)(OC(C)=O)C1. The molecule has 0 saturated heterocycles. The molecule has 148 valence electrons. The van der Waals surface area contributed by atoms with E-state index in [4.69, 9.17) is 9.47 Å². The molecule has 0 heterocycles. The molecule has 4 nitrogen and oxygen atoms in total. The molecule has 4 heteroatoms. The topological polar surface area (TPSA) is 52.6 Å². The van der Waals surface area contributed by atoms with Crippen LogP contribution in [0.2, 0.25) is 0 Å². The van der Waals surface area contributed by atoms with E-state index in [1.54, 1.807) is 0 Å². The molecule has 0 N–H and O–H groups in total. The van der Waals surface area contributed by atoms with E-state index < -0.39 is 11.2 Å². The number of carbonyl (C=O) groups is 2. The minimum Gasteiger partial charge on any atom is -0.460 e. The molecule has 3 aliphatic rings. The fourth-order valence-electron chi connectivity index (χ4n) is 6.79. The molecule has 0 aromatic carbocycles. The van der Waals surface area contributed by atoms with Crippen molar-refractivity contribution in [3.63, 3.8) is 0 Å². The molecule has 3 saturated carbocycles. The quantitative estimate of drug-likeness (QED) is 0.661. The molecule has 3 rings (SSSR count). The minimum absolute atomic E-state index is 0.210. The normalized spacial score (nSPS) is 41.2. The summed E-state index contributed by atoms with van der Waals surface area (Å²) >= 11 is 0. The maximum atomic E-state index is 12.6. The lowest BCUT2D eigenvalue weighted by molar-refractivity contribution is -0.180. The first-order chi connectivity index (χ1) is 12.1. The van der Waals surface area contributed by atoms with Gasteiger partial charge in [-0.25, -0.2) is 0 Å². The lowest BCUT2D eigenvalue weighted by atomic mass is 9.67. The van der Waals surface area contributed by atoms with Crippen molar-refractivity contribution in [1.82, 2.24) is 0 Å². The van der Waals surface area contributed by atoms with Crippen molar-refractivity contribution in [3.05, 3.63) is 0 Å². The maximum Gasteiger partial charge on any atom is 0.310 e. The summed E-state index contributed by atoms with van der Waals surface area (Å²) in [5, 5.41) is 0. The molecule has 7 unspecified atom stereocenters.